The number of amides is 2. The predicted molar refractivity (Wildman–Crippen MR) is 137 cm³/mol. The quantitative estimate of drug-likeness (QED) is 0.452. The number of nitrogens with zero attached hydrogens (tertiary/aromatic N) is 2. The molecule has 0 aliphatic carbocycles. The standard InChI is InChI=1S/C26H48N2O4.CH4O/c1-11-17(4)24(27(9)26(31)19(6)16(2)3)18(5)15-23(30)28-14-12-13-22(28)25(32-10)20(7)21(8)29;1-2/h16-20,22,24-25H,11-15H2,1-10H3;2H,1H3/t17-,18+,19-,20-,22-,24-,25+;/m0./s1. The molecule has 34 heavy (non-hydrogen) atoms. The number of aliphatic hydroxyl groups is 1. The third kappa shape index (κ3) is 8.33. The summed E-state index contributed by atoms with van der Waals surface area (Å²) in [6.45, 7) is 16.7. The Bertz CT molecular complexity index is 639. The lowest BCUT2D eigenvalue weighted by Crippen LogP contribution is -2.50. The zero-order chi connectivity index (χ0) is 26.7. The van der Waals surface area contributed by atoms with Crippen molar-refractivity contribution in [3.63, 3.8) is 0 Å². The first-order valence-corrected chi connectivity index (χ1v) is 12.9. The number of ether oxygens (including phenoxy) is 1. The van der Waals surface area contributed by atoms with Gasteiger partial charge in [0, 0.05) is 52.1 Å². The van der Waals surface area contributed by atoms with Crippen LogP contribution in [0.2, 0.25) is 0 Å². The van der Waals surface area contributed by atoms with Crippen molar-refractivity contribution in [3.8, 4) is 0 Å². The predicted octanol–water partition coefficient (Wildman–Crippen LogP) is 4.02. The summed E-state index contributed by atoms with van der Waals surface area (Å²) in [5.74, 6) is 0.656. The van der Waals surface area contributed by atoms with Gasteiger partial charge in [-0.2, -0.15) is 0 Å². The maximum absolute atomic E-state index is 13.4. The number of Topliss-reactive ketones (excluding diaryl/α,β-unsaturated/α-hetero) is 1. The van der Waals surface area contributed by atoms with Crippen LogP contribution in [0.5, 0.6) is 0 Å². The van der Waals surface area contributed by atoms with Gasteiger partial charge in [-0.3, -0.25) is 14.4 Å². The smallest absolute Gasteiger partial charge is 0.225 e. The second kappa shape index (κ2) is 15.5. The van der Waals surface area contributed by atoms with Crippen molar-refractivity contribution in [2.75, 3.05) is 27.8 Å². The molecule has 0 spiro atoms. The van der Waals surface area contributed by atoms with Gasteiger partial charge in [0.25, 0.3) is 0 Å². The van der Waals surface area contributed by atoms with Crippen LogP contribution in [0.15, 0.2) is 0 Å². The normalized spacial score (nSPS) is 21.1. The molecule has 0 aromatic heterocycles. The Morgan fingerprint density at radius 2 is 1.59 bits per heavy atom. The fraction of sp³-hybridized carbons (Fsp3) is 0.889. The molecule has 0 bridgehead atoms. The van der Waals surface area contributed by atoms with E-state index in [9.17, 15) is 14.4 Å². The van der Waals surface area contributed by atoms with Gasteiger partial charge < -0.3 is 19.6 Å². The number of likely N-dealkylation sites (tertiary alicyclic amines) is 1. The molecular weight excluding hydrogens is 432 g/mol. The van der Waals surface area contributed by atoms with E-state index in [0.717, 1.165) is 26.4 Å². The topological polar surface area (TPSA) is 87.2 Å². The monoisotopic (exact) mass is 484 g/mol. The molecule has 2 amide bonds. The fourth-order valence-corrected chi connectivity index (χ4v) is 5.20. The highest BCUT2D eigenvalue weighted by atomic mass is 16.5. The third-order valence-corrected chi connectivity index (χ3v) is 7.90. The number of hydrogen-bond donors (Lipinski definition) is 1. The number of carbonyl (C=O) groups is 3. The summed E-state index contributed by atoms with van der Waals surface area (Å²) in [5.41, 5.74) is 0. The van der Waals surface area contributed by atoms with Gasteiger partial charge in [0.05, 0.1) is 12.1 Å². The number of hydrogen-bond acceptors (Lipinski definition) is 5. The first-order valence-electron chi connectivity index (χ1n) is 12.9. The van der Waals surface area contributed by atoms with E-state index in [1.165, 1.54) is 0 Å². The molecule has 1 rings (SSSR count). The Balaban J connectivity index is 0.00000529. The number of aliphatic hydroxyl groups excluding tert-OH is 1. The number of carbonyl (C=O) groups excluding carboxylic acids is 3. The molecule has 1 heterocycles. The SMILES string of the molecule is CC[C@H](C)[C@@H]([C@H](C)CC(=O)N1CCC[C@H]1[C@H](OC)[C@@H](C)C(C)=O)N(C)C(=O)[C@@H](C)C(C)C.CO. The van der Waals surface area contributed by atoms with Crippen molar-refractivity contribution in [3.05, 3.63) is 0 Å². The molecule has 0 radical (unpaired) electrons. The van der Waals surface area contributed by atoms with Gasteiger partial charge in [0.1, 0.15) is 5.78 Å². The average molecular weight is 485 g/mol. The van der Waals surface area contributed by atoms with Crippen molar-refractivity contribution >= 4 is 17.6 Å². The van der Waals surface area contributed by atoms with Crippen molar-refractivity contribution in [1.82, 2.24) is 9.80 Å². The summed E-state index contributed by atoms with van der Waals surface area (Å²) in [6, 6.07) is -0.0611. The summed E-state index contributed by atoms with van der Waals surface area (Å²) in [6.07, 6.45) is 2.84. The maximum atomic E-state index is 13.4. The molecule has 0 unspecified atom stereocenters. The lowest BCUT2D eigenvalue weighted by Gasteiger charge is -2.40. The van der Waals surface area contributed by atoms with Crippen LogP contribution in [0.1, 0.15) is 81.1 Å². The Labute approximate surface area is 208 Å². The van der Waals surface area contributed by atoms with E-state index in [0.29, 0.717) is 18.9 Å². The van der Waals surface area contributed by atoms with Crippen LogP contribution in [0.4, 0.5) is 0 Å². The van der Waals surface area contributed by atoms with Crippen LogP contribution in [-0.2, 0) is 19.1 Å². The second-order valence-corrected chi connectivity index (χ2v) is 10.4. The molecule has 200 valence electrons. The minimum atomic E-state index is -0.282. The van der Waals surface area contributed by atoms with Crippen molar-refractivity contribution < 1.29 is 24.2 Å². The molecule has 7 atom stereocenters. The molecule has 1 N–H and O–H groups in total. The molecule has 0 aromatic carbocycles. The third-order valence-electron chi connectivity index (χ3n) is 7.90. The molecule has 7 heteroatoms. The highest BCUT2D eigenvalue weighted by Gasteiger charge is 2.40. The molecule has 1 saturated heterocycles. The van der Waals surface area contributed by atoms with Gasteiger partial charge in [-0.05, 0) is 37.5 Å². The maximum Gasteiger partial charge on any atom is 0.225 e. The Hall–Kier alpha value is -1.47. The Morgan fingerprint density at radius 3 is 2.03 bits per heavy atom. The van der Waals surface area contributed by atoms with Gasteiger partial charge >= 0.3 is 0 Å². The molecule has 1 fully saturated rings. The number of rotatable bonds is 12. The highest BCUT2D eigenvalue weighted by Crippen LogP contribution is 2.31. The van der Waals surface area contributed by atoms with Gasteiger partial charge in [-0.25, -0.2) is 0 Å². The molecule has 1 aliphatic rings. The van der Waals surface area contributed by atoms with Gasteiger partial charge in [0.15, 0.2) is 0 Å². The van der Waals surface area contributed by atoms with E-state index < -0.39 is 0 Å². The second-order valence-electron chi connectivity index (χ2n) is 10.4. The molecule has 0 aromatic rings. The van der Waals surface area contributed by atoms with E-state index in [1.807, 2.05) is 30.7 Å². The Morgan fingerprint density at radius 1 is 1.03 bits per heavy atom. The van der Waals surface area contributed by atoms with Crippen LogP contribution in [0.25, 0.3) is 0 Å². The Kier molecular flexibility index (Phi) is 14.8. The van der Waals surface area contributed by atoms with Crippen LogP contribution in [0.3, 0.4) is 0 Å². The van der Waals surface area contributed by atoms with Crippen LogP contribution in [-0.4, -0.2) is 78.5 Å². The van der Waals surface area contributed by atoms with Crippen molar-refractivity contribution in [1.29, 1.82) is 0 Å². The average Bonchev–Trinajstić information content (AvgIpc) is 3.29. The number of methoxy groups -OCH3 is 1. The van der Waals surface area contributed by atoms with Crippen LogP contribution >= 0.6 is 0 Å². The highest BCUT2D eigenvalue weighted by molar-refractivity contribution is 5.80. The fourth-order valence-electron chi connectivity index (χ4n) is 5.20. The van der Waals surface area contributed by atoms with Crippen LogP contribution < -0.4 is 0 Å². The lowest BCUT2D eigenvalue weighted by molar-refractivity contribution is -0.143. The minimum Gasteiger partial charge on any atom is -0.400 e. The summed E-state index contributed by atoms with van der Waals surface area (Å²) in [7, 11) is 4.52. The zero-order valence-corrected chi connectivity index (χ0v) is 23.6. The van der Waals surface area contributed by atoms with Crippen LogP contribution in [0, 0.1) is 29.6 Å². The van der Waals surface area contributed by atoms with Crippen molar-refractivity contribution in [2.45, 2.75) is 99.3 Å². The first kappa shape index (κ1) is 32.5. The number of ketones is 1. The van der Waals surface area contributed by atoms with E-state index in [4.69, 9.17) is 9.84 Å². The summed E-state index contributed by atoms with van der Waals surface area (Å²) >= 11 is 0. The van der Waals surface area contributed by atoms with E-state index >= 15 is 0 Å². The van der Waals surface area contributed by atoms with Gasteiger partial charge in [-0.15, -0.1) is 0 Å². The molecule has 7 nitrogen and oxygen atoms in total. The summed E-state index contributed by atoms with van der Waals surface area (Å²) in [5, 5.41) is 7.00. The summed E-state index contributed by atoms with van der Waals surface area (Å²) < 4.78 is 5.70. The molecule has 0 saturated carbocycles. The summed E-state index contributed by atoms with van der Waals surface area (Å²) in [4.78, 5) is 42.3. The van der Waals surface area contributed by atoms with E-state index in [-0.39, 0.29) is 59.5 Å². The zero-order valence-electron chi connectivity index (χ0n) is 23.6. The minimum absolute atomic E-state index is 0.00747. The molecular formula is C27H52N2O5. The molecule has 1 aliphatic heterocycles. The van der Waals surface area contributed by atoms with Gasteiger partial charge in [0.2, 0.25) is 11.8 Å². The van der Waals surface area contributed by atoms with E-state index in [2.05, 4.69) is 34.6 Å². The van der Waals surface area contributed by atoms with Gasteiger partial charge in [-0.1, -0.05) is 54.9 Å². The first-order chi connectivity index (χ1) is 15.9. The van der Waals surface area contributed by atoms with Crippen molar-refractivity contribution in [2.24, 2.45) is 29.6 Å². The largest absolute Gasteiger partial charge is 0.400 e. The lowest BCUT2D eigenvalue weighted by atomic mass is 9.84. The van der Waals surface area contributed by atoms with E-state index in [1.54, 1.807) is 14.0 Å².